The summed E-state index contributed by atoms with van der Waals surface area (Å²) in [5.74, 6) is 0.843. The minimum atomic E-state index is -0.00552. The second-order valence-electron chi connectivity index (χ2n) is 10.5. The zero-order valence-electron chi connectivity index (χ0n) is 21.0. The minimum Gasteiger partial charge on any atom is -0.384 e. The molecule has 1 saturated carbocycles. The van der Waals surface area contributed by atoms with Crippen LogP contribution in [-0.4, -0.2) is 60.4 Å². The van der Waals surface area contributed by atoms with Gasteiger partial charge in [0.2, 0.25) is 0 Å². The van der Waals surface area contributed by atoms with Crippen LogP contribution < -0.4 is 10.2 Å². The van der Waals surface area contributed by atoms with E-state index >= 15 is 0 Å². The first kappa shape index (κ1) is 23.2. The SMILES string of the molecule is CC(=O)CCCNc1cc(N2CCN(C3CCCCC3)CC2)c2noc3c2c1C(=O)c1ccccc1-3. The molecule has 7 nitrogen and oxygen atoms in total. The van der Waals surface area contributed by atoms with Crippen molar-refractivity contribution in [2.75, 3.05) is 42.9 Å². The van der Waals surface area contributed by atoms with Crippen LogP contribution in [0.1, 0.15) is 67.8 Å². The lowest BCUT2D eigenvalue weighted by atomic mass is 9.86. The van der Waals surface area contributed by atoms with Crippen molar-refractivity contribution in [1.82, 2.24) is 10.1 Å². The lowest BCUT2D eigenvalue weighted by Gasteiger charge is -2.41. The second kappa shape index (κ2) is 9.69. The van der Waals surface area contributed by atoms with Gasteiger partial charge in [-0.05, 0) is 32.3 Å². The molecule has 3 aliphatic rings. The summed E-state index contributed by atoms with van der Waals surface area (Å²) < 4.78 is 5.92. The summed E-state index contributed by atoms with van der Waals surface area (Å²) in [6, 6.07) is 10.4. The van der Waals surface area contributed by atoms with E-state index < -0.39 is 0 Å². The second-order valence-corrected chi connectivity index (χ2v) is 10.5. The number of rotatable bonds is 7. The number of anilines is 2. The van der Waals surface area contributed by atoms with Crippen LogP contribution in [0.4, 0.5) is 11.4 Å². The minimum absolute atomic E-state index is 0.00552. The fourth-order valence-corrected chi connectivity index (χ4v) is 6.26. The number of fused-ring (bicyclic) bond motifs is 2. The van der Waals surface area contributed by atoms with Gasteiger partial charge in [-0.25, -0.2) is 0 Å². The third kappa shape index (κ3) is 4.09. The van der Waals surface area contributed by atoms with Crippen molar-refractivity contribution in [3.05, 3.63) is 41.5 Å². The molecule has 36 heavy (non-hydrogen) atoms. The molecule has 0 amide bonds. The van der Waals surface area contributed by atoms with Crippen LogP contribution >= 0.6 is 0 Å². The third-order valence-electron chi connectivity index (χ3n) is 8.15. The van der Waals surface area contributed by atoms with Gasteiger partial charge in [0, 0.05) is 62.0 Å². The van der Waals surface area contributed by atoms with Gasteiger partial charge in [-0.3, -0.25) is 9.69 Å². The molecule has 2 fully saturated rings. The molecule has 7 heteroatoms. The lowest BCUT2D eigenvalue weighted by Crippen LogP contribution is -2.51. The van der Waals surface area contributed by atoms with E-state index in [9.17, 15) is 9.59 Å². The molecule has 1 aromatic heterocycles. The molecule has 1 saturated heterocycles. The van der Waals surface area contributed by atoms with Crippen LogP contribution in [0.15, 0.2) is 34.9 Å². The number of carbonyl (C=O) groups excluding carboxylic acids is 2. The quantitative estimate of drug-likeness (QED) is 0.356. The van der Waals surface area contributed by atoms with E-state index in [1.165, 1.54) is 32.1 Å². The molecule has 188 valence electrons. The summed E-state index contributed by atoms with van der Waals surface area (Å²) in [6.07, 6.45) is 7.97. The van der Waals surface area contributed by atoms with Gasteiger partial charge in [-0.1, -0.05) is 48.7 Å². The molecule has 2 heterocycles. The fraction of sp³-hybridized carbons (Fsp3) is 0.483. The summed E-state index contributed by atoms with van der Waals surface area (Å²) >= 11 is 0. The lowest BCUT2D eigenvalue weighted by molar-refractivity contribution is -0.117. The Kier molecular flexibility index (Phi) is 6.25. The number of aromatic nitrogens is 1. The smallest absolute Gasteiger partial charge is 0.196 e. The number of nitrogens with zero attached hydrogens (tertiary/aromatic N) is 3. The van der Waals surface area contributed by atoms with Gasteiger partial charge in [0.15, 0.2) is 11.5 Å². The van der Waals surface area contributed by atoms with Crippen molar-refractivity contribution in [2.24, 2.45) is 0 Å². The molecule has 3 aromatic rings. The number of Topliss-reactive ketones (excluding diaryl/α,β-unsaturated/α-hetero) is 1. The Balaban J connectivity index is 1.36. The van der Waals surface area contributed by atoms with Crippen molar-refractivity contribution in [1.29, 1.82) is 0 Å². The molecular formula is C29H34N4O3. The number of hydrogen-bond donors (Lipinski definition) is 1. The van der Waals surface area contributed by atoms with Crippen LogP contribution in [0.3, 0.4) is 0 Å². The van der Waals surface area contributed by atoms with E-state index in [4.69, 9.17) is 4.52 Å². The van der Waals surface area contributed by atoms with Gasteiger partial charge in [0.25, 0.3) is 0 Å². The molecule has 0 radical (unpaired) electrons. The van der Waals surface area contributed by atoms with E-state index in [0.717, 1.165) is 66.5 Å². The molecule has 2 aromatic carbocycles. The summed E-state index contributed by atoms with van der Waals surface area (Å²) in [7, 11) is 0. The molecule has 1 N–H and O–H groups in total. The average molecular weight is 487 g/mol. The Labute approximate surface area is 211 Å². The highest BCUT2D eigenvalue weighted by atomic mass is 16.5. The van der Waals surface area contributed by atoms with E-state index in [0.29, 0.717) is 29.9 Å². The average Bonchev–Trinajstić information content (AvgIpc) is 3.36. The van der Waals surface area contributed by atoms with Gasteiger partial charge in [0.05, 0.1) is 16.6 Å². The third-order valence-corrected chi connectivity index (χ3v) is 8.15. The maximum Gasteiger partial charge on any atom is 0.196 e. The normalized spacial score (nSPS) is 18.5. The number of piperazine rings is 1. The Morgan fingerprint density at radius 1 is 1.08 bits per heavy atom. The molecule has 0 atom stereocenters. The first-order valence-electron chi connectivity index (χ1n) is 13.4. The number of benzene rings is 2. The summed E-state index contributed by atoms with van der Waals surface area (Å²) in [5.41, 5.74) is 4.67. The summed E-state index contributed by atoms with van der Waals surface area (Å²) in [4.78, 5) is 30.2. The number of hydrogen-bond acceptors (Lipinski definition) is 7. The Morgan fingerprint density at radius 3 is 2.58 bits per heavy atom. The highest BCUT2D eigenvalue weighted by molar-refractivity contribution is 6.28. The van der Waals surface area contributed by atoms with E-state index in [2.05, 4.69) is 26.3 Å². The van der Waals surface area contributed by atoms with Crippen molar-refractivity contribution in [3.8, 4) is 11.3 Å². The largest absolute Gasteiger partial charge is 0.384 e. The van der Waals surface area contributed by atoms with Crippen LogP contribution in [0.5, 0.6) is 0 Å². The molecule has 2 aliphatic carbocycles. The van der Waals surface area contributed by atoms with E-state index in [-0.39, 0.29) is 11.6 Å². The van der Waals surface area contributed by atoms with Crippen LogP contribution in [0.25, 0.3) is 22.2 Å². The first-order chi connectivity index (χ1) is 17.6. The Morgan fingerprint density at radius 2 is 1.83 bits per heavy atom. The molecule has 0 spiro atoms. The molecular weight excluding hydrogens is 452 g/mol. The molecule has 0 unspecified atom stereocenters. The first-order valence-corrected chi connectivity index (χ1v) is 13.4. The van der Waals surface area contributed by atoms with Gasteiger partial charge < -0.3 is 19.5 Å². The summed E-state index contributed by atoms with van der Waals surface area (Å²) in [5, 5.41) is 8.80. The molecule has 1 aliphatic heterocycles. The van der Waals surface area contributed by atoms with E-state index in [1.54, 1.807) is 6.92 Å². The van der Waals surface area contributed by atoms with Gasteiger partial charge in [-0.2, -0.15) is 0 Å². The predicted octanol–water partition coefficient (Wildman–Crippen LogP) is 5.28. The number of carbonyl (C=O) groups is 2. The van der Waals surface area contributed by atoms with Crippen molar-refractivity contribution in [3.63, 3.8) is 0 Å². The standard InChI is InChI=1S/C29H34N4O3/c1-19(34)8-7-13-30-23-18-24(33-16-14-32(15-17-33)20-9-3-2-4-10-20)27-26-25(23)28(35)21-11-5-6-12-22(21)29(26)36-31-27/h5-6,11-12,18,20,30H,2-4,7-10,13-17H2,1H3. The maximum atomic E-state index is 13.7. The molecule has 6 rings (SSSR count). The fourth-order valence-electron chi connectivity index (χ4n) is 6.26. The topological polar surface area (TPSA) is 78.7 Å². The van der Waals surface area contributed by atoms with Crippen molar-refractivity contribution >= 4 is 33.8 Å². The number of nitrogens with one attached hydrogen (secondary N) is 1. The van der Waals surface area contributed by atoms with Gasteiger partial charge in [-0.15, -0.1) is 0 Å². The van der Waals surface area contributed by atoms with Crippen molar-refractivity contribution < 1.29 is 14.1 Å². The summed E-state index contributed by atoms with van der Waals surface area (Å²) in [6.45, 7) is 6.19. The maximum absolute atomic E-state index is 13.7. The Bertz CT molecular complexity index is 1300. The van der Waals surface area contributed by atoms with Crippen LogP contribution in [0, 0.1) is 0 Å². The Hall–Kier alpha value is -3.19. The van der Waals surface area contributed by atoms with Crippen molar-refractivity contribution in [2.45, 2.75) is 57.9 Å². The zero-order chi connectivity index (χ0) is 24.6. The van der Waals surface area contributed by atoms with Gasteiger partial charge >= 0.3 is 0 Å². The molecule has 0 bridgehead atoms. The van der Waals surface area contributed by atoms with Gasteiger partial charge in [0.1, 0.15) is 11.3 Å². The predicted molar refractivity (Wildman–Crippen MR) is 142 cm³/mol. The monoisotopic (exact) mass is 486 g/mol. The van der Waals surface area contributed by atoms with Crippen LogP contribution in [0.2, 0.25) is 0 Å². The zero-order valence-corrected chi connectivity index (χ0v) is 21.0. The highest BCUT2D eigenvalue weighted by Crippen LogP contribution is 2.46. The van der Waals surface area contributed by atoms with E-state index in [1.807, 2.05) is 24.3 Å². The van der Waals surface area contributed by atoms with Crippen LogP contribution in [-0.2, 0) is 4.79 Å². The number of ketones is 2. The highest BCUT2D eigenvalue weighted by Gasteiger charge is 2.34.